The van der Waals surface area contributed by atoms with Crippen molar-refractivity contribution in [2.75, 3.05) is 26.4 Å². The van der Waals surface area contributed by atoms with E-state index in [1.165, 1.54) is 0 Å². The van der Waals surface area contributed by atoms with E-state index in [0.717, 1.165) is 36.3 Å². The molecule has 160 valence electrons. The molecule has 0 radical (unpaired) electrons. The summed E-state index contributed by atoms with van der Waals surface area (Å²) in [6.45, 7) is 1.20. The van der Waals surface area contributed by atoms with E-state index in [1.54, 1.807) is 19.4 Å². The Bertz CT molecular complexity index is 854. The summed E-state index contributed by atoms with van der Waals surface area (Å²) in [6.07, 6.45) is 3.79. The number of nitrogens with zero attached hydrogens (tertiary/aromatic N) is 2. The van der Waals surface area contributed by atoms with Crippen LogP contribution in [0.15, 0.2) is 42.6 Å². The minimum Gasteiger partial charge on any atom is -0.497 e. The lowest BCUT2D eigenvalue weighted by atomic mass is 10.0. The summed E-state index contributed by atoms with van der Waals surface area (Å²) in [4.78, 5) is 31.8. The van der Waals surface area contributed by atoms with Crippen molar-refractivity contribution in [3.63, 3.8) is 0 Å². The van der Waals surface area contributed by atoms with Gasteiger partial charge in [-0.2, -0.15) is 0 Å². The number of hydrogen-bond donors (Lipinski definition) is 3. The van der Waals surface area contributed by atoms with E-state index in [2.05, 4.69) is 15.6 Å². The Morgan fingerprint density at radius 3 is 2.57 bits per heavy atom. The lowest BCUT2D eigenvalue weighted by molar-refractivity contribution is -0.131. The summed E-state index contributed by atoms with van der Waals surface area (Å²) >= 11 is 0. The Kier molecular flexibility index (Phi) is 7.24. The molecule has 0 saturated carbocycles. The zero-order valence-corrected chi connectivity index (χ0v) is 17.4. The quantitative estimate of drug-likeness (QED) is 0.600. The van der Waals surface area contributed by atoms with Crippen molar-refractivity contribution >= 4 is 17.6 Å². The molecule has 1 aliphatic rings. The highest BCUT2D eigenvalue weighted by atomic mass is 16.5. The van der Waals surface area contributed by atoms with Crippen LogP contribution in [-0.4, -0.2) is 54.5 Å². The third kappa shape index (κ3) is 5.70. The Morgan fingerprint density at radius 1 is 1.23 bits per heavy atom. The number of rotatable bonds is 8. The number of nitrogen functional groups attached to an aromatic ring is 1. The number of hydrogen-bond acceptors (Lipinski definition) is 6. The fraction of sp³-hybridized carbons (Fsp3) is 0.409. The number of methoxy groups -OCH3 is 1. The zero-order valence-electron chi connectivity index (χ0n) is 17.4. The predicted molar refractivity (Wildman–Crippen MR) is 115 cm³/mol. The van der Waals surface area contributed by atoms with Gasteiger partial charge in [0.2, 0.25) is 11.8 Å². The summed E-state index contributed by atoms with van der Waals surface area (Å²) < 4.78 is 5.19. The molecule has 2 aromatic rings. The van der Waals surface area contributed by atoms with E-state index in [0.29, 0.717) is 18.8 Å². The first-order valence-corrected chi connectivity index (χ1v) is 10.1. The number of pyridine rings is 1. The highest BCUT2D eigenvalue weighted by Crippen LogP contribution is 2.16. The molecular weight excluding hydrogens is 382 g/mol. The van der Waals surface area contributed by atoms with Crippen LogP contribution >= 0.6 is 0 Å². The fourth-order valence-electron chi connectivity index (χ4n) is 3.57. The second kappa shape index (κ2) is 10.1. The molecular formula is C22H29N5O3. The van der Waals surface area contributed by atoms with E-state index in [-0.39, 0.29) is 17.9 Å². The predicted octanol–water partition coefficient (Wildman–Crippen LogP) is 1.11. The van der Waals surface area contributed by atoms with Crippen LogP contribution in [0.4, 0.5) is 5.82 Å². The van der Waals surface area contributed by atoms with E-state index in [9.17, 15) is 9.59 Å². The first-order chi connectivity index (χ1) is 14.5. The summed E-state index contributed by atoms with van der Waals surface area (Å²) in [5.74, 6) is 0.817. The van der Waals surface area contributed by atoms with Gasteiger partial charge in [0.25, 0.3) is 0 Å². The Balaban J connectivity index is 1.68. The highest BCUT2D eigenvalue weighted by Gasteiger charge is 2.31. The second-order valence-corrected chi connectivity index (χ2v) is 7.56. The molecule has 2 atom stereocenters. The summed E-state index contributed by atoms with van der Waals surface area (Å²) in [7, 11) is 3.54. The van der Waals surface area contributed by atoms with Crippen molar-refractivity contribution in [2.45, 2.75) is 37.9 Å². The van der Waals surface area contributed by atoms with E-state index >= 15 is 0 Å². The van der Waals surface area contributed by atoms with Crippen LogP contribution in [0.1, 0.15) is 24.0 Å². The lowest BCUT2D eigenvalue weighted by Crippen LogP contribution is -2.52. The van der Waals surface area contributed by atoms with Gasteiger partial charge in [-0.3, -0.25) is 14.5 Å². The summed E-state index contributed by atoms with van der Waals surface area (Å²) in [5, 5.41) is 5.85. The van der Waals surface area contributed by atoms with Crippen molar-refractivity contribution < 1.29 is 14.3 Å². The first-order valence-electron chi connectivity index (χ1n) is 10.1. The number of aromatic nitrogens is 1. The maximum absolute atomic E-state index is 12.9. The van der Waals surface area contributed by atoms with Gasteiger partial charge in [0, 0.05) is 19.2 Å². The molecule has 3 rings (SSSR count). The topological polar surface area (TPSA) is 110 Å². The van der Waals surface area contributed by atoms with Crippen LogP contribution < -0.4 is 21.1 Å². The molecule has 1 aromatic carbocycles. The largest absolute Gasteiger partial charge is 0.497 e. The van der Waals surface area contributed by atoms with Crippen molar-refractivity contribution in [3.05, 3.63) is 53.7 Å². The molecule has 0 aliphatic carbocycles. The SMILES string of the molecule is COc1ccc(C[C@H](NC(=O)[C@H]2CCCN2C)C(=O)NCc2ccc(N)nc2)cc1. The Morgan fingerprint density at radius 2 is 1.97 bits per heavy atom. The molecule has 30 heavy (non-hydrogen) atoms. The second-order valence-electron chi connectivity index (χ2n) is 7.56. The molecule has 8 nitrogen and oxygen atoms in total. The molecule has 0 unspecified atom stereocenters. The fourth-order valence-corrected chi connectivity index (χ4v) is 3.57. The third-order valence-corrected chi connectivity index (χ3v) is 5.37. The van der Waals surface area contributed by atoms with E-state index < -0.39 is 6.04 Å². The maximum Gasteiger partial charge on any atom is 0.243 e. The van der Waals surface area contributed by atoms with Crippen LogP contribution in [0.3, 0.4) is 0 Å². The molecule has 1 aromatic heterocycles. The number of likely N-dealkylation sites (tertiary alicyclic amines) is 1. The number of benzene rings is 1. The molecule has 8 heteroatoms. The number of carbonyl (C=O) groups is 2. The van der Waals surface area contributed by atoms with E-state index in [1.807, 2.05) is 42.3 Å². The van der Waals surface area contributed by atoms with Crippen molar-refractivity contribution in [1.29, 1.82) is 0 Å². The molecule has 1 aliphatic heterocycles. The van der Waals surface area contributed by atoms with Gasteiger partial charge in [0.05, 0.1) is 13.2 Å². The van der Waals surface area contributed by atoms with Gasteiger partial charge in [-0.15, -0.1) is 0 Å². The number of anilines is 1. The smallest absolute Gasteiger partial charge is 0.243 e. The number of nitrogens with two attached hydrogens (primary N) is 1. The number of ether oxygens (including phenoxy) is 1. The van der Waals surface area contributed by atoms with Crippen molar-refractivity contribution in [2.24, 2.45) is 0 Å². The van der Waals surface area contributed by atoms with Crippen LogP contribution in [0.5, 0.6) is 5.75 Å². The summed E-state index contributed by atoms with van der Waals surface area (Å²) in [6, 6.07) is 10.1. The Labute approximate surface area is 176 Å². The third-order valence-electron chi connectivity index (χ3n) is 5.37. The van der Waals surface area contributed by atoms with Gasteiger partial charge in [0.15, 0.2) is 0 Å². The lowest BCUT2D eigenvalue weighted by Gasteiger charge is -2.24. The first kappa shape index (κ1) is 21.6. The number of likely N-dealkylation sites (N-methyl/N-ethyl adjacent to an activating group) is 1. The summed E-state index contributed by atoms with van der Waals surface area (Å²) in [5.41, 5.74) is 7.38. The molecule has 1 saturated heterocycles. The molecule has 4 N–H and O–H groups in total. The van der Waals surface area contributed by atoms with Gasteiger partial charge >= 0.3 is 0 Å². The van der Waals surface area contributed by atoms with Crippen molar-refractivity contribution in [1.82, 2.24) is 20.5 Å². The zero-order chi connectivity index (χ0) is 21.5. The van der Waals surface area contributed by atoms with Crippen molar-refractivity contribution in [3.8, 4) is 5.75 Å². The highest BCUT2D eigenvalue weighted by molar-refractivity contribution is 5.90. The molecule has 1 fully saturated rings. The minimum atomic E-state index is -0.679. The average molecular weight is 412 g/mol. The molecule has 0 spiro atoms. The maximum atomic E-state index is 12.9. The Hall–Kier alpha value is -3.13. The normalized spacial score (nSPS) is 17.3. The van der Waals surface area contributed by atoms with Gasteiger partial charge in [-0.25, -0.2) is 4.98 Å². The number of carbonyl (C=O) groups excluding carboxylic acids is 2. The van der Waals surface area contributed by atoms with Gasteiger partial charge in [0.1, 0.15) is 17.6 Å². The van der Waals surface area contributed by atoms with Gasteiger partial charge in [-0.05, 0) is 55.8 Å². The molecule has 0 bridgehead atoms. The minimum absolute atomic E-state index is 0.113. The van der Waals surface area contributed by atoms with Gasteiger partial charge in [-0.1, -0.05) is 18.2 Å². The van der Waals surface area contributed by atoms with Crippen LogP contribution in [0, 0.1) is 0 Å². The standard InChI is InChI=1S/C22H29N5O3/c1-27-11-3-4-19(27)22(29)26-18(12-15-5-8-17(30-2)9-6-15)21(28)25-14-16-7-10-20(23)24-13-16/h5-10,13,18-19H,3-4,11-12,14H2,1-2H3,(H2,23,24)(H,25,28)(H,26,29)/t18-,19+/m0/s1. The van der Waals surface area contributed by atoms with E-state index in [4.69, 9.17) is 10.5 Å². The molecule has 2 heterocycles. The van der Waals surface area contributed by atoms with Gasteiger partial charge < -0.3 is 21.1 Å². The molecule has 2 amide bonds. The monoisotopic (exact) mass is 411 g/mol. The van der Waals surface area contributed by atoms with Crippen LogP contribution in [0.25, 0.3) is 0 Å². The number of nitrogens with one attached hydrogen (secondary N) is 2. The average Bonchev–Trinajstić information content (AvgIpc) is 3.19. The number of amides is 2. The van der Waals surface area contributed by atoms with Crippen LogP contribution in [0.2, 0.25) is 0 Å². The van der Waals surface area contributed by atoms with Crippen LogP contribution in [-0.2, 0) is 22.6 Å².